The molecule has 4 rings (SSSR count). The van der Waals surface area contributed by atoms with Gasteiger partial charge in [0.15, 0.2) is 0 Å². The topological polar surface area (TPSA) is 113 Å². The number of fused-ring (bicyclic) bond motifs is 4. The third-order valence-corrected chi connectivity index (χ3v) is 7.14. The fraction of sp³-hybridized carbons (Fsp3) is 0.517. The molecule has 2 aliphatic rings. The summed E-state index contributed by atoms with van der Waals surface area (Å²) in [6, 6.07) is 6.20. The van der Waals surface area contributed by atoms with Gasteiger partial charge in [-0.25, -0.2) is 5.43 Å². The van der Waals surface area contributed by atoms with Gasteiger partial charge in [0.05, 0.1) is 11.7 Å². The van der Waals surface area contributed by atoms with E-state index in [0.717, 1.165) is 34.9 Å². The second-order valence-corrected chi connectivity index (χ2v) is 10.6. The summed E-state index contributed by atoms with van der Waals surface area (Å²) in [5, 5.41) is 9.67. The molecule has 5 bridgehead atoms. The number of rotatable bonds is 1. The second kappa shape index (κ2) is 12.5. The van der Waals surface area contributed by atoms with Crippen LogP contribution in [0.25, 0.3) is 16.8 Å². The second-order valence-electron chi connectivity index (χ2n) is 10.6. The summed E-state index contributed by atoms with van der Waals surface area (Å²) in [7, 11) is 0. The Kier molecular flexibility index (Phi) is 9.12. The van der Waals surface area contributed by atoms with Crippen molar-refractivity contribution in [2.45, 2.75) is 77.6 Å². The predicted octanol–water partition coefficient (Wildman–Crippen LogP) is 3.26. The minimum atomic E-state index is -0.735. The number of ether oxygens (including phenoxy) is 1. The molecule has 9 heteroatoms. The summed E-state index contributed by atoms with van der Waals surface area (Å²) in [5.74, 6) is -0.840. The molecule has 0 aliphatic carbocycles. The number of aromatic nitrogens is 1. The van der Waals surface area contributed by atoms with Crippen molar-refractivity contribution >= 4 is 34.6 Å². The molecule has 1 saturated heterocycles. The standard InChI is InChI=1S/C29H39N5O4/c1-18(2)26-27(35)32-19(3)28(36)34-14-8-10-25(33-34)29(37)38-20(4)21-11-12-22-17-31-24(16-23(22)15-21)9-6-5-7-13-30-26/h6,9,11-12,15-20,25-26,30,33H,5,7-8,10,13-14H2,1-4H3,(H,32,35)/b9-6+/t19-,20+,25-,26-/m0/s1. The van der Waals surface area contributed by atoms with Crippen molar-refractivity contribution in [3.8, 4) is 0 Å². The first-order chi connectivity index (χ1) is 18.2. The molecule has 204 valence electrons. The van der Waals surface area contributed by atoms with E-state index in [2.05, 4.69) is 27.1 Å². The lowest BCUT2D eigenvalue weighted by Gasteiger charge is -2.35. The molecule has 9 nitrogen and oxygen atoms in total. The van der Waals surface area contributed by atoms with Crippen LogP contribution in [-0.4, -0.2) is 59.0 Å². The maximum absolute atomic E-state index is 13.1. The summed E-state index contributed by atoms with van der Waals surface area (Å²) in [6.45, 7) is 8.61. The van der Waals surface area contributed by atoms with Crippen molar-refractivity contribution in [1.82, 2.24) is 26.1 Å². The maximum Gasteiger partial charge on any atom is 0.325 e. The molecule has 0 radical (unpaired) electrons. The lowest BCUT2D eigenvalue weighted by atomic mass is 10.0. The van der Waals surface area contributed by atoms with Crippen LogP contribution in [-0.2, 0) is 19.1 Å². The van der Waals surface area contributed by atoms with Crippen LogP contribution in [0.3, 0.4) is 0 Å². The molecule has 1 aromatic carbocycles. The molecule has 3 heterocycles. The molecule has 1 aromatic heterocycles. The minimum absolute atomic E-state index is 0.0549. The number of hydrogen-bond acceptors (Lipinski definition) is 7. The van der Waals surface area contributed by atoms with Crippen LogP contribution in [0, 0.1) is 5.92 Å². The van der Waals surface area contributed by atoms with Gasteiger partial charge >= 0.3 is 5.97 Å². The maximum atomic E-state index is 13.1. The molecule has 3 N–H and O–H groups in total. The van der Waals surface area contributed by atoms with Gasteiger partial charge in [0.1, 0.15) is 18.2 Å². The number of pyridine rings is 1. The summed E-state index contributed by atoms with van der Waals surface area (Å²) in [4.78, 5) is 43.7. The van der Waals surface area contributed by atoms with Gasteiger partial charge in [-0.05, 0) is 81.2 Å². The Labute approximate surface area is 224 Å². The quantitative estimate of drug-likeness (QED) is 0.494. The highest BCUT2D eigenvalue weighted by Crippen LogP contribution is 2.24. The molecule has 38 heavy (non-hydrogen) atoms. The third-order valence-electron chi connectivity index (χ3n) is 7.14. The lowest BCUT2D eigenvalue weighted by molar-refractivity contribution is -0.157. The SMILES string of the molecule is CC(C)[C@@H]1NCCC/C=C/c2cc3cc(ccc3cn2)[C@@H](C)OC(=O)[C@@H]2CCCN(N2)C(=O)[C@H](C)NC1=O. The number of cyclic esters (lactones) is 1. The highest BCUT2D eigenvalue weighted by Gasteiger charge is 2.33. The van der Waals surface area contributed by atoms with E-state index in [1.165, 1.54) is 5.01 Å². The number of allylic oxidation sites excluding steroid dienone is 1. The van der Waals surface area contributed by atoms with E-state index in [4.69, 9.17) is 4.74 Å². The number of carbonyl (C=O) groups excluding carboxylic acids is 3. The zero-order valence-corrected chi connectivity index (χ0v) is 22.7. The van der Waals surface area contributed by atoms with Crippen molar-refractivity contribution in [2.24, 2.45) is 5.92 Å². The van der Waals surface area contributed by atoms with Crippen LogP contribution < -0.4 is 16.1 Å². The summed E-state index contributed by atoms with van der Waals surface area (Å²) < 4.78 is 5.81. The molecule has 2 amide bonds. The Hall–Kier alpha value is -3.30. The third kappa shape index (κ3) is 6.76. The van der Waals surface area contributed by atoms with Crippen molar-refractivity contribution in [3.63, 3.8) is 0 Å². The van der Waals surface area contributed by atoms with Gasteiger partial charge < -0.3 is 15.4 Å². The highest BCUT2D eigenvalue weighted by molar-refractivity contribution is 5.90. The van der Waals surface area contributed by atoms with E-state index < -0.39 is 30.2 Å². The zero-order chi connectivity index (χ0) is 27.2. The molecular formula is C29H39N5O4. The fourth-order valence-electron chi connectivity index (χ4n) is 4.87. The number of carbonyl (C=O) groups is 3. The van der Waals surface area contributed by atoms with Gasteiger partial charge in [-0.2, -0.15) is 0 Å². The summed E-state index contributed by atoms with van der Waals surface area (Å²) in [6.07, 6.45) is 8.40. The molecule has 1 fully saturated rings. The lowest BCUT2D eigenvalue weighted by Crippen LogP contribution is -2.60. The first-order valence-electron chi connectivity index (χ1n) is 13.6. The number of amides is 2. The molecule has 4 atom stereocenters. The Morgan fingerprint density at radius 1 is 1.08 bits per heavy atom. The van der Waals surface area contributed by atoms with Gasteiger partial charge in [-0.15, -0.1) is 0 Å². The highest BCUT2D eigenvalue weighted by atomic mass is 16.5. The largest absolute Gasteiger partial charge is 0.457 e. The molecule has 2 aliphatic heterocycles. The van der Waals surface area contributed by atoms with Crippen molar-refractivity contribution < 1.29 is 19.1 Å². The van der Waals surface area contributed by atoms with E-state index in [1.54, 1.807) is 6.92 Å². The van der Waals surface area contributed by atoms with Crippen LogP contribution >= 0.6 is 0 Å². The number of esters is 1. The molecule has 0 spiro atoms. The Morgan fingerprint density at radius 2 is 1.89 bits per heavy atom. The average Bonchev–Trinajstić information content (AvgIpc) is 2.90. The number of nitrogens with one attached hydrogen (secondary N) is 3. The number of hydrazine groups is 1. The van der Waals surface area contributed by atoms with Crippen LogP contribution in [0.4, 0.5) is 0 Å². The smallest absolute Gasteiger partial charge is 0.325 e. The molecular weight excluding hydrogens is 482 g/mol. The monoisotopic (exact) mass is 521 g/mol. The van der Waals surface area contributed by atoms with E-state index in [1.807, 2.05) is 57.3 Å². The molecule has 0 unspecified atom stereocenters. The van der Waals surface area contributed by atoms with Gasteiger partial charge in [-0.1, -0.05) is 32.1 Å². The van der Waals surface area contributed by atoms with Gasteiger partial charge in [0.25, 0.3) is 5.91 Å². The van der Waals surface area contributed by atoms with E-state index in [9.17, 15) is 14.4 Å². The normalized spacial score (nSPS) is 27.1. The van der Waals surface area contributed by atoms with E-state index in [-0.39, 0.29) is 17.7 Å². The van der Waals surface area contributed by atoms with Crippen LogP contribution in [0.15, 0.2) is 36.5 Å². The molecule has 0 saturated carbocycles. The summed E-state index contributed by atoms with van der Waals surface area (Å²) in [5.41, 5.74) is 4.78. The van der Waals surface area contributed by atoms with Crippen molar-refractivity contribution in [2.75, 3.05) is 13.1 Å². The first-order valence-corrected chi connectivity index (χ1v) is 13.6. The number of benzene rings is 1. The van der Waals surface area contributed by atoms with Gasteiger partial charge in [0, 0.05) is 18.1 Å². The van der Waals surface area contributed by atoms with E-state index in [0.29, 0.717) is 25.9 Å². The summed E-state index contributed by atoms with van der Waals surface area (Å²) >= 11 is 0. The zero-order valence-electron chi connectivity index (χ0n) is 22.7. The van der Waals surface area contributed by atoms with E-state index >= 15 is 0 Å². The number of nitrogens with zero attached hydrogens (tertiary/aromatic N) is 2. The Balaban J connectivity index is 1.58. The number of hydrogen-bond donors (Lipinski definition) is 3. The van der Waals surface area contributed by atoms with Gasteiger partial charge in [-0.3, -0.25) is 24.4 Å². The van der Waals surface area contributed by atoms with Crippen LogP contribution in [0.1, 0.15) is 70.7 Å². The van der Waals surface area contributed by atoms with Gasteiger partial charge in [0.2, 0.25) is 5.91 Å². The molecule has 2 aromatic rings. The predicted molar refractivity (Wildman–Crippen MR) is 147 cm³/mol. The van der Waals surface area contributed by atoms with Crippen LogP contribution in [0.2, 0.25) is 0 Å². The Morgan fingerprint density at radius 3 is 2.68 bits per heavy atom. The first kappa shape index (κ1) is 27.7. The van der Waals surface area contributed by atoms with Crippen molar-refractivity contribution in [1.29, 1.82) is 0 Å². The fourth-order valence-corrected chi connectivity index (χ4v) is 4.87. The minimum Gasteiger partial charge on any atom is -0.457 e. The van der Waals surface area contributed by atoms with Crippen molar-refractivity contribution in [3.05, 3.63) is 47.8 Å². The van der Waals surface area contributed by atoms with Crippen LogP contribution in [0.5, 0.6) is 0 Å². The Bertz CT molecular complexity index is 1200. The average molecular weight is 522 g/mol.